The van der Waals surface area contributed by atoms with E-state index in [9.17, 15) is 4.79 Å². The van der Waals surface area contributed by atoms with Crippen molar-refractivity contribution >= 4 is 17.5 Å². The van der Waals surface area contributed by atoms with Gasteiger partial charge in [0.1, 0.15) is 0 Å². The van der Waals surface area contributed by atoms with Crippen LogP contribution in [0.15, 0.2) is 0 Å². The van der Waals surface area contributed by atoms with Crippen LogP contribution in [0.4, 0.5) is 0 Å². The van der Waals surface area contributed by atoms with Gasteiger partial charge in [-0.3, -0.25) is 4.79 Å². The van der Waals surface area contributed by atoms with E-state index in [0.29, 0.717) is 18.2 Å². The van der Waals surface area contributed by atoms with Gasteiger partial charge in [-0.05, 0) is 38.3 Å². The molecular weight excluding hydrogens is 224 g/mol. The lowest BCUT2D eigenvalue weighted by atomic mass is 10.1. The molecule has 0 saturated carbocycles. The van der Waals surface area contributed by atoms with Crippen LogP contribution in [0.2, 0.25) is 0 Å². The summed E-state index contributed by atoms with van der Waals surface area (Å²) in [6.07, 6.45) is 3.68. The van der Waals surface area contributed by atoms with E-state index in [2.05, 4.69) is 17.1 Å². The summed E-state index contributed by atoms with van der Waals surface area (Å²) < 4.78 is 0. The number of nitrogens with zero attached hydrogens (tertiary/aromatic N) is 1. The number of nitrogens with one attached hydrogen (secondary N) is 1. The van der Waals surface area contributed by atoms with Crippen LogP contribution >= 0.6 is 11.6 Å². The van der Waals surface area contributed by atoms with Gasteiger partial charge in [0.2, 0.25) is 5.91 Å². The maximum absolute atomic E-state index is 11.5. The highest BCUT2D eigenvalue weighted by Crippen LogP contribution is 2.14. The van der Waals surface area contributed by atoms with Crippen LogP contribution in [-0.4, -0.2) is 42.9 Å². The van der Waals surface area contributed by atoms with Crippen LogP contribution in [-0.2, 0) is 4.79 Å². The number of unbranched alkanes of at least 4 members (excludes halogenated alkanes) is 1. The molecule has 0 aliphatic carbocycles. The van der Waals surface area contributed by atoms with Gasteiger partial charge in [0.25, 0.3) is 0 Å². The van der Waals surface area contributed by atoms with E-state index in [1.54, 1.807) is 0 Å². The van der Waals surface area contributed by atoms with Gasteiger partial charge in [-0.15, -0.1) is 11.6 Å². The molecule has 0 aromatic carbocycles. The van der Waals surface area contributed by atoms with Crippen molar-refractivity contribution in [3.63, 3.8) is 0 Å². The van der Waals surface area contributed by atoms with Gasteiger partial charge in [0, 0.05) is 25.4 Å². The lowest BCUT2D eigenvalue weighted by Crippen LogP contribution is -2.30. The minimum Gasteiger partial charge on any atom is -0.356 e. The Bertz CT molecular complexity index is 211. The SMILES string of the molecule is CCN1CCC(CNC(=O)CCCCCl)C1. The Morgan fingerprint density at radius 1 is 1.50 bits per heavy atom. The normalized spacial score (nSPS) is 21.2. The molecule has 0 aromatic rings. The molecule has 1 atom stereocenters. The van der Waals surface area contributed by atoms with Crippen LogP contribution in [0.25, 0.3) is 0 Å². The predicted molar refractivity (Wildman–Crippen MR) is 67.8 cm³/mol. The summed E-state index contributed by atoms with van der Waals surface area (Å²) in [5.41, 5.74) is 0. The number of hydrogen-bond acceptors (Lipinski definition) is 2. The van der Waals surface area contributed by atoms with Crippen LogP contribution in [0.5, 0.6) is 0 Å². The van der Waals surface area contributed by atoms with Crippen molar-refractivity contribution in [1.82, 2.24) is 10.2 Å². The molecule has 1 fully saturated rings. The molecule has 1 rings (SSSR count). The predicted octanol–water partition coefficient (Wildman–Crippen LogP) is 1.85. The third-order valence-corrected chi connectivity index (χ3v) is 3.46. The second-order valence-corrected chi connectivity index (χ2v) is 4.88. The molecule has 0 bridgehead atoms. The maximum Gasteiger partial charge on any atom is 0.220 e. The number of rotatable bonds is 7. The maximum atomic E-state index is 11.5. The summed E-state index contributed by atoms with van der Waals surface area (Å²) in [6.45, 7) is 6.48. The Hall–Kier alpha value is -0.280. The number of likely N-dealkylation sites (tertiary alicyclic amines) is 1. The summed E-state index contributed by atoms with van der Waals surface area (Å²) in [7, 11) is 0. The highest BCUT2D eigenvalue weighted by atomic mass is 35.5. The summed E-state index contributed by atoms with van der Waals surface area (Å²) in [5.74, 6) is 1.48. The molecule has 0 aromatic heterocycles. The van der Waals surface area contributed by atoms with Crippen molar-refractivity contribution in [1.29, 1.82) is 0 Å². The molecule has 16 heavy (non-hydrogen) atoms. The zero-order valence-electron chi connectivity index (χ0n) is 10.2. The number of carbonyl (C=O) groups excluding carboxylic acids is 1. The number of amides is 1. The molecule has 0 spiro atoms. The second-order valence-electron chi connectivity index (χ2n) is 4.50. The molecule has 1 N–H and O–H groups in total. The van der Waals surface area contributed by atoms with E-state index >= 15 is 0 Å². The van der Waals surface area contributed by atoms with Crippen LogP contribution in [0.3, 0.4) is 0 Å². The van der Waals surface area contributed by atoms with Crippen molar-refractivity contribution in [2.45, 2.75) is 32.6 Å². The Morgan fingerprint density at radius 2 is 2.31 bits per heavy atom. The molecule has 1 amide bonds. The van der Waals surface area contributed by atoms with Gasteiger partial charge in [0.05, 0.1) is 0 Å². The van der Waals surface area contributed by atoms with Crippen LogP contribution in [0, 0.1) is 5.92 Å². The molecule has 3 nitrogen and oxygen atoms in total. The van der Waals surface area contributed by atoms with E-state index < -0.39 is 0 Å². The first kappa shape index (κ1) is 13.8. The van der Waals surface area contributed by atoms with E-state index in [4.69, 9.17) is 11.6 Å². The number of halogens is 1. The number of carbonyl (C=O) groups is 1. The van der Waals surface area contributed by atoms with Gasteiger partial charge in [-0.25, -0.2) is 0 Å². The topological polar surface area (TPSA) is 32.3 Å². The molecule has 1 heterocycles. The fourth-order valence-electron chi connectivity index (χ4n) is 2.09. The van der Waals surface area contributed by atoms with Gasteiger partial charge < -0.3 is 10.2 Å². The molecule has 1 saturated heterocycles. The first-order valence-corrected chi connectivity index (χ1v) is 6.84. The van der Waals surface area contributed by atoms with Crippen molar-refractivity contribution in [3.8, 4) is 0 Å². The summed E-state index contributed by atoms with van der Waals surface area (Å²) >= 11 is 5.56. The zero-order chi connectivity index (χ0) is 11.8. The van der Waals surface area contributed by atoms with E-state index in [1.807, 2.05) is 0 Å². The highest BCUT2D eigenvalue weighted by Gasteiger charge is 2.21. The van der Waals surface area contributed by atoms with Gasteiger partial charge in [-0.1, -0.05) is 6.92 Å². The Labute approximate surface area is 104 Å². The van der Waals surface area contributed by atoms with Crippen molar-refractivity contribution in [2.24, 2.45) is 5.92 Å². The van der Waals surface area contributed by atoms with Crippen molar-refractivity contribution < 1.29 is 4.79 Å². The second kappa shape index (κ2) is 7.91. The first-order chi connectivity index (χ1) is 7.76. The first-order valence-electron chi connectivity index (χ1n) is 6.31. The van der Waals surface area contributed by atoms with Crippen LogP contribution < -0.4 is 5.32 Å². The monoisotopic (exact) mass is 246 g/mol. The minimum absolute atomic E-state index is 0.181. The van der Waals surface area contributed by atoms with Gasteiger partial charge in [-0.2, -0.15) is 0 Å². The standard InChI is InChI=1S/C12H23ClN2O/c1-2-15-8-6-11(10-15)9-14-12(16)5-3-4-7-13/h11H,2-10H2,1H3,(H,14,16). The lowest BCUT2D eigenvalue weighted by Gasteiger charge is -2.13. The van der Waals surface area contributed by atoms with Gasteiger partial charge in [0.15, 0.2) is 0 Å². The van der Waals surface area contributed by atoms with Crippen molar-refractivity contribution in [3.05, 3.63) is 0 Å². The lowest BCUT2D eigenvalue weighted by molar-refractivity contribution is -0.121. The van der Waals surface area contributed by atoms with Gasteiger partial charge >= 0.3 is 0 Å². The van der Waals surface area contributed by atoms with E-state index in [0.717, 1.165) is 32.5 Å². The minimum atomic E-state index is 0.181. The average molecular weight is 247 g/mol. The average Bonchev–Trinajstić information content (AvgIpc) is 2.74. The Morgan fingerprint density at radius 3 is 2.94 bits per heavy atom. The van der Waals surface area contributed by atoms with E-state index in [-0.39, 0.29) is 5.91 Å². The van der Waals surface area contributed by atoms with Crippen molar-refractivity contribution in [2.75, 3.05) is 32.1 Å². The third-order valence-electron chi connectivity index (χ3n) is 3.19. The molecule has 0 radical (unpaired) electrons. The molecule has 94 valence electrons. The molecule has 4 heteroatoms. The number of hydrogen-bond donors (Lipinski definition) is 1. The Kier molecular flexibility index (Phi) is 6.81. The van der Waals surface area contributed by atoms with Crippen LogP contribution in [0.1, 0.15) is 32.6 Å². The quantitative estimate of drug-likeness (QED) is 0.549. The number of alkyl halides is 1. The largest absolute Gasteiger partial charge is 0.356 e. The van der Waals surface area contributed by atoms with E-state index in [1.165, 1.54) is 13.0 Å². The summed E-state index contributed by atoms with van der Waals surface area (Å²) in [4.78, 5) is 13.9. The molecule has 1 aliphatic rings. The molecule has 1 aliphatic heterocycles. The molecule has 1 unspecified atom stereocenters. The fraction of sp³-hybridized carbons (Fsp3) is 0.917. The summed E-state index contributed by atoms with van der Waals surface area (Å²) in [5, 5.41) is 3.02. The smallest absolute Gasteiger partial charge is 0.220 e. The fourth-order valence-corrected chi connectivity index (χ4v) is 2.28. The molecular formula is C12H23ClN2O. The Balaban J connectivity index is 2.04. The zero-order valence-corrected chi connectivity index (χ0v) is 10.9. The third kappa shape index (κ3) is 5.17. The highest BCUT2D eigenvalue weighted by molar-refractivity contribution is 6.17. The summed E-state index contributed by atoms with van der Waals surface area (Å²) in [6, 6.07) is 0.